The molecule has 5 nitrogen and oxygen atoms in total. The minimum atomic E-state index is 0.306. The van der Waals surface area contributed by atoms with Gasteiger partial charge in [0.1, 0.15) is 23.1 Å². The van der Waals surface area contributed by atoms with E-state index in [2.05, 4.69) is 11.2 Å². The van der Waals surface area contributed by atoms with Crippen LogP contribution < -0.4 is 5.73 Å². The van der Waals surface area contributed by atoms with E-state index in [4.69, 9.17) is 10.2 Å². The van der Waals surface area contributed by atoms with Crippen molar-refractivity contribution in [1.29, 1.82) is 5.26 Å². The molecule has 0 spiro atoms. The van der Waals surface area contributed by atoms with Crippen LogP contribution in [0.5, 0.6) is 0 Å². The summed E-state index contributed by atoms with van der Waals surface area (Å²) in [5.41, 5.74) is 7.56. The number of rotatable bonds is 2. The van der Waals surface area contributed by atoms with Gasteiger partial charge in [0.05, 0.1) is 12.0 Å². The lowest BCUT2D eigenvalue weighted by atomic mass is 10.2. The van der Waals surface area contributed by atoms with E-state index in [1.807, 2.05) is 30.3 Å². The SMILES string of the molecule is N#Cc1c(-c2ccco2)nn(-c2ccccc2)c1N. The molecule has 3 rings (SSSR count). The van der Waals surface area contributed by atoms with Crippen LogP contribution in [0.25, 0.3) is 17.1 Å². The molecule has 2 heterocycles. The van der Waals surface area contributed by atoms with Gasteiger partial charge in [-0.05, 0) is 24.3 Å². The number of hydrogen-bond donors (Lipinski definition) is 1. The second kappa shape index (κ2) is 4.35. The van der Waals surface area contributed by atoms with Crippen molar-refractivity contribution in [3.63, 3.8) is 0 Å². The molecule has 1 aromatic carbocycles. The van der Waals surface area contributed by atoms with E-state index in [0.717, 1.165) is 5.69 Å². The summed E-state index contributed by atoms with van der Waals surface area (Å²) >= 11 is 0. The quantitative estimate of drug-likeness (QED) is 0.757. The minimum absolute atomic E-state index is 0.306. The van der Waals surface area contributed by atoms with Crippen LogP contribution in [0, 0.1) is 11.3 Å². The van der Waals surface area contributed by atoms with E-state index in [1.165, 1.54) is 10.9 Å². The molecule has 0 bridgehead atoms. The number of anilines is 1. The van der Waals surface area contributed by atoms with Gasteiger partial charge in [-0.2, -0.15) is 10.4 Å². The Morgan fingerprint density at radius 2 is 1.95 bits per heavy atom. The summed E-state index contributed by atoms with van der Waals surface area (Å²) in [6.45, 7) is 0. The van der Waals surface area contributed by atoms with Gasteiger partial charge in [0, 0.05) is 0 Å². The summed E-state index contributed by atoms with van der Waals surface area (Å²) in [5.74, 6) is 0.832. The van der Waals surface area contributed by atoms with Crippen molar-refractivity contribution in [1.82, 2.24) is 9.78 Å². The average Bonchev–Trinajstić information content (AvgIpc) is 3.07. The van der Waals surface area contributed by atoms with E-state index in [9.17, 15) is 5.26 Å². The Morgan fingerprint density at radius 3 is 2.58 bits per heavy atom. The molecule has 0 amide bonds. The fraction of sp³-hybridized carbons (Fsp3) is 0. The molecule has 3 aromatic rings. The largest absolute Gasteiger partial charge is 0.463 e. The Balaban J connectivity index is 2.22. The highest BCUT2D eigenvalue weighted by atomic mass is 16.3. The summed E-state index contributed by atoms with van der Waals surface area (Å²) < 4.78 is 6.82. The third-order valence-electron chi connectivity index (χ3n) is 2.79. The molecule has 2 aromatic heterocycles. The van der Waals surface area contributed by atoms with Crippen LogP contribution >= 0.6 is 0 Å². The predicted molar refractivity (Wildman–Crippen MR) is 70.4 cm³/mol. The van der Waals surface area contributed by atoms with Crippen LogP contribution in [0.4, 0.5) is 5.82 Å². The van der Waals surface area contributed by atoms with Crippen molar-refractivity contribution in [3.05, 3.63) is 54.3 Å². The highest BCUT2D eigenvalue weighted by molar-refractivity contribution is 5.70. The van der Waals surface area contributed by atoms with E-state index in [0.29, 0.717) is 22.8 Å². The van der Waals surface area contributed by atoms with Gasteiger partial charge >= 0.3 is 0 Å². The fourth-order valence-corrected chi connectivity index (χ4v) is 1.89. The van der Waals surface area contributed by atoms with Crippen molar-refractivity contribution in [3.8, 4) is 23.2 Å². The molecule has 19 heavy (non-hydrogen) atoms. The molecule has 92 valence electrons. The highest BCUT2D eigenvalue weighted by Gasteiger charge is 2.19. The van der Waals surface area contributed by atoms with Crippen molar-refractivity contribution in [2.45, 2.75) is 0 Å². The number of aromatic nitrogens is 2. The predicted octanol–water partition coefficient (Wildman–Crippen LogP) is 2.59. The summed E-state index contributed by atoms with van der Waals surface area (Å²) in [6, 6.07) is 15.0. The molecule has 2 N–H and O–H groups in total. The van der Waals surface area contributed by atoms with Crippen molar-refractivity contribution >= 4 is 5.82 Å². The topological polar surface area (TPSA) is 80.8 Å². The third-order valence-corrected chi connectivity index (χ3v) is 2.79. The van der Waals surface area contributed by atoms with Crippen molar-refractivity contribution in [2.75, 3.05) is 5.73 Å². The van der Waals surface area contributed by atoms with Gasteiger partial charge in [-0.1, -0.05) is 18.2 Å². The Kier molecular flexibility index (Phi) is 2.54. The number of nitrogens with two attached hydrogens (primary N) is 1. The van der Waals surface area contributed by atoms with Crippen LogP contribution in [0.2, 0.25) is 0 Å². The number of nitrogen functional groups attached to an aromatic ring is 1. The molecule has 0 aliphatic heterocycles. The standard InChI is InChI=1S/C14H10N4O/c15-9-11-13(12-7-4-8-19-12)17-18(14(11)16)10-5-2-1-3-6-10/h1-8H,16H2. The molecule has 0 aliphatic rings. The molecule has 0 aliphatic carbocycles. The summed E-state index contributed by atoms with van der Waals surface area (Å²) in [4.78, 5) is 0. The lowest BCUT2D eigenvalue weighted by Gasteiger charge is -2.02. The number of nitriles is 1. The van der Waals surface area contributed by atoms with Gasteiger partial charge in [-0.25, -0.2) is 4.68 Å². The number of hydrogen-bond acceptors (Lipinski definition) is 4. The zero-order chi connectivity index (χ0) is 13.2. The monoisotopic (exact) mass is 250 g/mol. The van der Waals surface area contributed by atoms with Gasteiger partial charge < -0.3 is 10.2 Å². The lowest BCUT2D eigenvalue weighted by Crippen LogP contribution is -2.01. The molecule has 5 heteroatoms. The van der Waals surface area contributed by atoms with E-state index >= 15 is 0 Å². The molecular formula is C14H10N4O. The van der Waals surface area contributed by atoms with Gasteiger partial charge in [0.2, 0.25) is 0 Å². The first-order valence-electron chi connectivity index (χ1n) is 5.69. The number of para-hydroxylation sites is 1. The molecule has 0 fully saturated rings. The maximum atomic E-state index is 9.23. The first kappa shape index (κ1) is 11.1. The Bertz CT molecular complexity index is 736. The summed E-state index contributed by atoms with van der Waals surface area (Å²) in [7, 11) is 0. The Hall–Kier alpha value is -3.00. The van der Waals surface area contributed by atoms with Crippen LogP contribution in [0.15, 0.2) is 53.1 Å². The number of nitrogens with zero attached hydrogens (tertiary/aromatic N) is 3. The highest BCUT2D eigenvalue weighted by Crippen LogP contribution is 2.28. The molecule has 0 saturated heterocycles. The first-order valence-corrected chi connectivity index (χ1v) is 5.69. The summed E-state index contributed by atoms with van der Waals surface area (Å²) in [6.07, 6.45) is 1.54. The normalized spacial score (nSPS) is 10.3. The van der Waals surface area contributed by atoms with E-state index in [1.54, 1.807) is 12.1 Å². The maximum Gasteiger partial charge on any atom is 0.155 e. The van der Waals surface area contributed by atoms with E-state index < -0.39 is 0 Å². The molecule has 0 atom stereocenters. The minimum Gasteiger partial charge on any atom is -0.463 e. The zero-order valence-corrected chi connectivity index (χ0v) is 9.95. The zero-order valence-electron chi connectivity index (χ0n) is 9.95. The van der Waals surface area contributed by atoms with Crippen LogP contribution in [0.1, 0.15) is 5.56 Å². The van der Waals surface area contributed by atoms with Crippen molar-refractivity contribution < 1.29 is 4.42 Å². The van der Waals surface area contributed by atoms with Crippen molar-refractivity contribution in [2.24, 2.45) is 0 Å². The van der Waals surface area contributed by atoms with Crippen LogP contribution in [-0.4, -0.2) is 9.78 Å². The Morgan fingerprint density at radius 1 is 1.16 bits per heavy atom. The van der Waals surface area contributed by atoms with E-state index in [-0.39, 0.29) is 0 Å². The molecule has 0 unspecified atom stereocenters. The Labute approximate surface area is 109 Å². The van der Waals surface area contributed by atoms with Gasteiger partial charge in [-0.3, -0.25) is 0 Å². The average molecular weight is 250 g/mol. The summed E-state index contributed by atoms with van der Waals surface area (Å²) in [5, 5.41) is 13.6. The smallest absolute Gasteiger partial charge is 0.155 e. The number of furan rings is 1. The fourth-order valence-electron chi connectivity index (χ4n) is 1.89. The lowest BCUT2D eigenvalue weighted by molar-refractivity contribution is 0.579. The molecule has 0 saturated carbocycles. The van der Waals surface area contributed by atoms with Crippen LogP contribution in [0.3, 0.4) is 0 Å². The molecular weight excluding hydrogens is 240 g/mol. The second-order valence-corrected chi connectivity index (χ2v) is 3.95. The number of benzene rings is 1. The second-order valence-electron chi connectivity index (χ2n) is 3.95. The third kappa shape index (κ3) is 1.76. The first-order chi connectivity index (χ1) is 9.31. The van der Waals surface area contributed by atoms with Crippen LogP contribution in [-0.2, 0) is 0 Å². The van der Waals surface area contributed by atoms with Gasteiger partial charge in [-0.15, -0.1) is 0 Å². The molecule has 0 radical (unpaired) electrons. The maximum absolute atomic E-state index is 9.23. The van der Waals surface area contributed by atoms with Gasteiger partial charge in [0.15, 0.2) is 5.76 Å². The van der Waals surface area contributed by atoms with Gasteiger partial charge in [0.25, 0.3) is 0 Å².